The van der Waals surface area contributed by atoms with Crippen LogP contribution in [-0.2, 0) is 16.6 Å². The predicted molar refractivity (Wildman–Crippen MR) is 69.4 cm³/mol. The second kappa shape index (κ2) is 6.26. The molecule has 0 aliphatic rings. The lowest BCUT2D eigenvalue weighted by molar-refractivity contribution is 0.572. The molecule has 0 fully saturated rings. The minimum Gasteiger partial charge on any atom is -0.316 e. The number of halogens is 1. The van der Waals surface area contributed by atoms with Crippen molar-refractivity contribution in [3.8, 4) is 0 Å². The quantitative estimate of drug-likeness (QED) is 0.827. The molecule has 1 rings (SSSR count). The van der Waals surface area contributed by atoms with E-state index in [9.17, 15) is 12.8 Å². The highest BCUT2D eigenvalue weighted by Crippen LogP contribution is 2.20. The van der Waals surface area contributed by atoms with Crippen molar-refractivity contribution >= 4 is 10.0 Å². The number of rotatable bonds is 6. The van der Waals surface area contributed by atoms with Gasteiger partial charge in [0.1, 0.15) is 5.82 Å². The minimum atomic E-state index is -3.63. The van der Waals surface area contributed by atoms with Crippen LogP contribution < -0.4 is 10.0 Å². The second-order valence-corrected chi connectivity index (χ2v) is 5.86. The lowest BCUT2D eigenvalue weighted by Crippen LogP contribution is -2.25. The fraction of sp³-hybridized carbons (Fsp3) is 0.500. The van der Waals surface area contributed by atoms with E-state index in [4.69, 9.17) is 0 Å². The van der Waals surface area contributed by atoms with Gasteiger partial charge < -0.3 is 5.32 Å². The molecule has 0 atom stereocenters. The summed E-state index contributed by atoms with van der Waals surface area (Å²) in [6.07, 6.45) is 0.691. The summed E-state index contributed by atoms with van der Waals surface area (Å²) in [5.74, 6) is -0.500. The Morgan fingerprint density at radius 3 is 2.56 bits per heavy atom. The Morgan fingerprint density at radius 1 is 1.33 bits per heavy atom. The predicted octanol–water partition coefficient (Wildman–Crippen LogP) is 1.54. The summed E-state index contributed by atoms with van der Waals surface area (Å²) in [6, 6.07) is 2.86. The summed E-state index contributed by atoms with van der Waals surface area (Å²) in [7, 11) is -1.91. The van der Waals surface area contributed by atoms with Gasteiger partial charge in [0.2, 0.25) is 10.0 Å². The third kappa shape index (κ3) is 3.51. The molecule has 0 saturated heterocycles. The first-order chi connectivity index (χ1) is 8.42. The molecule has 0 amide bonds. The van der Waals surface area contributed by atoms with Crippen LogP contribution in [0.4, 0.5) is 4.39 Å². The average Bonchev–Trinajstić information content (AvgIpc) is 2.31. The van der Waals surface area contributed by atoms with Gasteiger partial charge in [-0.2, -0.15) is 0 Å². The largest absolute Gasteiger partial charge is 0.316 e. The summed E-state index contributed by atoms with van der Waals surface area (Å²) < 4.78 is 40.2. The van der Waals surface area contributed by atoms with Crippen molar-refractivity contribution in [3.05, 3.63) is 29.1 Å². The number of benzene rings is 1. The van der Waals surface area contributed by atoms with Crippen LogP contribution in [0.5, 0.6) is 0 Å². The van der Waals surface area contributed by atoms with Gasteiger partial charge in [-0.05, 0) is 38.1 Å². The third-order valence-corrected chi connectivity index (χ3v) is 4.16. The molecule has 6 heteroatoms. The molecule has 0 heterocycles. The van der Waals surface area contributed by atoms with Crippen molar-refractivity contribution in [2.75, 3.05) is 13.6 Å². The topological polar surface area (TPSA) is 58.2 Å². The Labute approximate surface area is 108 Å². The first-order valence-corrected chi connectivity index (χ1v) is 7.34. The molecule has 2 N–H and O–H groups in total. The second-order valence-electron chi connectivity index (χ2n) is 4.13. The zero-order chi connectivity index (χ0) is 13.8. The maximum absolute atomic E-state index is 13.7. The molecule has 0 aromatic heterocycles. The molecule has 0 saturated carbocycles. The molecule has 0 bridgehead atoms. The molecule has 0 aliphatic heterocycles. The van der Waals surface area contributed by atoms with Gasteiger partial charge in [0.15, 0.2) is 0 Å². The molecule has 0 unspecified atom stereocenters. The van der Waals surface area contributed by atoms with Gasteiger partial charge in [0.05, 0.1) is 4.90 Å². The highest BCUT2D eigenvalue weighted by atomic mass is 32.2. The Kier molecular flexibility index (Phi) is 5.25. The van der Waals surface area contributed by atoms with Crippen molar-refractivity contribution < 1.29 is 12.8 Å². The Bertz CT molecular complexity index is 515. The van der Waals surface area contributed by atoms with Crippen LogP contribution in [0.2, 0.25) is 0 Å². The van der Waals surface area contributed by atoms with Crippen LogP contribution in [-0.4, -0.2) is 22.0 Å². The van der Waals surface area contributed by atoms with Crippen LogP contribution in [0.3, 0.4) is 0 Å². The van der Waals surface area contributed by atoms with Gasteiger partial charge in [-0.15, -0.1) is 0 Å². The SMILES string of the molecule is CCCNS(=O)(=O)c1cc(CNC)cc(F)c1C. The monoisotopic (exact) mass is 274 g/mol. The number of hydrogen-bond acceptors (Lipinski definition) is 3. The van der Waals surface area contributed by atoms with Crippen LogP contribution in [0.25, 0.3) is 0 Å². The molecule has 4 nitrogen and oxygen atoms in total. The maximum atomic E-state index is 13.7. The van der Waals surface area contributed by atoms with Gasteiger partial charge in [-0.25, -0.2) is 17.5 Å². The van der Waals surface area contributed by atoms with Gasteiger partial charge in [-0.1, -0.05) is 6.92 Å². The standard InChI is InChI=1S/C12H19FN2O2S/c1-4-5-15-18(16,17)12-7-10(8-14-3)6-11(13)9(12)2/h6-7,14-15H,4-5,8H2,1-3H3. The van der Waals surface area contributed by atoms with E-state index >= 15 is 0 Å². The van der Waals surface area contributed by atoms with E-state index in [0.29, 0.717) is 25.1 Å². The highest BCUT2D eigenvalue weighted by Gasteiger charge is 2.19. The molecule has 0 spiro atoms. The fourth-order valence-electron chi connectivity index (χ4n) is 1.61. The summed E-state index contributed by atoms with van der Waals surface area (Å²) in [5.41, 5.74) is 0.760. The maximum Gasteiger partial charge on any atom is 0.240 e. The zero-order valence-corrected chi connectivity index (χ0v) is 11.7. The molecule has 1 aromatic carbocycles. The minimum absolute atomic E-state index is 0.0150. The third-order valence-electron chi connectivity index (χ3n) is 2.57. The zero-order valence-electron chi connectivity index (χ0n) is 10.9. The molecular weight excluding hydrogens is 255 g/mol. The van der Waals surface area contributed by atoms with E-state index in [1.54, 1.807) is 7.05 Å². The van der Waals surface area contributed by atoms with Gasteiger partial charge in [0, 0.05) is 18.7 Å². The molecule has 0 radical (unpaired) electrons. The van der Waals surface area contributed by atoms with E-state index in [1.807, 2.05) is 6.92 Å². The average molecular weight is 274 g/mol. The van der Waals surface area contributed by atoms with Gasteiger partial charge >= 0.3 is 0 Å². The van der Waals surface area contributed by atoms with Crippen molar-refractivity contribution in [2.45, 2.75) is 31.7 Å². The summed E-state index contributed by atoms with van der Waals surface area (Å²) >= 11 is 0. The first-order valence-electron chi connectivity index (χ1n) is 5.85. The molecule has 18 heavy (non-hydrogen) atoms. The van der Waals surface area contributed by atoms with Crippen molar-refractivity contribution in [2.24, 2.45) is 0 Å². The lowest BCUT2D eigenvalue weighted by atomic mass is 10.1. The Hall–Kier alpha value is -0.980. The van der Waals surface area contributed by atoms with Gasteiger partial charge in [0.25, 0.3) is 0 Å². The van der Waals surface area contributed by atoms with E-state index in [1.165, 1.54) is 19.1 Å². The van der Waals surface area contributed by atoms with E-state index in [-0.39, 0.29) is 10.5 Å². The summed E-state index contributed by atoms with van der Waals surface area (Å²) in [4.78, 5) is 0.0150. The molecule has 102 valence electrons. The fourth-order valence-corrected chi connectivity index (χ4v) is 3.04. The molecular formula is C12H19FN2O2S. The molecule has 1 aromatic rings. The Morgan fingerprint density at radius 2 is 2.00 bits per heavy atom. The number of hydrogen-bond donors (Lipinski definition) is 2. The van der Waals surface area contributed by atoms with Crippen LogP contribution in [0, 0.1) is 12.7 Å². The van der Waals surface area contributed by atoms with E-state index in [2.05, 4.69) is 10.0 Å². The first kappa shape index (κ1) is 15.1. The number of sulfonamides is 1. The smallest absolute Gasteiger partial charge is 0.240 e. The Balaban J connectivity index is 3.22. The van der Waals surface area contributed by atoms with Crippen LogP contribution in [0.15, 0.2) is 17.0 Å². The molecule has 0 aliphatic carbocycles. The van der Waals surface area contributed by atoms with Crippen molar-refractivity contribution in [1.29, 1.82) is 0 Å². The highest BCUT2D eigenvalue weighted by molar-refractivity contribution is 7.89. The van der Waals surface area contributed by atoms with Crippen LogP contribution >= 0.6 is 0 Å². The summed E-state index contributed by atoms with van der Waals surface area (Å²) in [5, 5.41) is 2.87. The lowest BCUT2D eigenvalue weighted by Gasteiger charge is -2.11. The van der Waals surface area contributed by atoms with E-state index in [0.717, 1.165) is 0 Å². The normalized spacial score (nSPS) is 11.8. The number of nitrogens with one attached hydrogen (secondary N) is 2. The van der Waals surface area contributed by atoms with Crippen LogP contribution in [0.1, 0.15) is 24.5 Å². The van der Waals surface area contributed by atoms with Crippen molar-refractivity contribution in [1.82, 2.24) is 10.0 Å². The van der Waals surface area contributed by atoms with E-state index < -0.39 is 15.8 Å². The summed E-state index contributed by atoms with van der Waals surface area (Å²) in [6.45, 7) is 4.11. The van der Waals surface area contributed by atoms with Gasteiger partial charge in [-0.3, -0.25) is 0 Å². The van der Waals surface area contributed by atoms with Crippen molar-refractivity contribution in [3.63, 3.8) is 0 Å².